The number of likely N-dealkylation sites (N-methyl/N-ethyl adjacent to an activating group) is 1. The van der Waals surface area contributed by atoms with Crippen LogP contribution in [0.15, 0.2) is 24.3 Å². The van der Waals surface area contributed by atoms with Crippen LogP contribution in [0.2, 0.25) is 0 Å². The highest BCUT2D eigenvalue weighted by Gasteiger charge is 2.32. The summed E-state index contributed by atoms with van der Waals surface area (Å²) in [6.07, 6.45) is -2.25. The van der Waals surface area contributed by atoms with E-state index in [2.05, 4.69) is 15.5 Å². The van der Waals surface area contributed by atoms with E-state index in [1.807, 2.05) is 7.05 Å². The molecule has 5 nitrogen and oxygen atoms in total. The monoisotopic (exact) mass is 371 g/mol. The molecule has 2 amide bonds. The molecule has 0 aliphatic carbocycles. The zero-order chi connectivity index (χ0) is 19.3. The highest BCUT2D eigenvalue weighted by Crippen LogP contribution is 2.29. The van der Waals surface area contributed by atoms with Gasteiger partial charge in [-0.15, -0.1) is 0 Å². The smallest absolute Gasteiger partial charge is 0.355 e. The molecule has 1 aromatic carbocycles. The van der Waals surface area contributed by atoms with Crippen molar-refractivity contribution >= 4 is 11.8 Å². The van der Waals surface area contributed by atoms with Gasteiger partial charge in [0.25, 0.3) is 0 Å². The van der Waals surface area contributed by atoms with Crippen LogP contribution in [0, 0.1) is 0 Å². The number of benzene rings is 1. The minimum atomic E-state index is -4.36. The predicted octanol–water partition coefficient (Wildman–Crippen LogP) is 2.31. The first-order valence-corrected chi connectivity index (χ1v) is 8.56. The van der Waals surface area contributed by atoms with Gasteiger partial charge in [0, 0.05) is 38.5 Å². The van der Waals surface area contributed by atoms with Crippen molar-refractivity contribution in [2.24, 2.45) is 0 Å². The largest absolute Gasteiger partial charge is 0.416 e. The molecule has 1 aliphatic rings. The van der Waals surface area contributed by atoms with E-state index in [-0.39, 0.29) is 30.4 Å². The molecule has 1 aromatic rings. The van der Waals surface area contributed by atoms with E-state index in [9.17, 15) is 22.8 Å². The highest BCUT2D eigenvalue weighted by atomic mass is 19.4. The van der Waals surface area contributed by atoms with Crippen molar-refractivity contribution in [2.75, 3.05) is 13.6 Å². The van der Waals surface area contributed by atoms with Gasteiger partial charge in [0.05, 0.1) is 5.56 Å². The number of alkyl halides is 3. The Morgan fingerprint density at radius 3 is 2.31 bits per heavy atom. The summed E-state index contributed by atoms with van der Waals surface area (Å²) in [6, 6.07) is 5.08. The number of carbonyl (C=O) groups is 2. The first-order chi connectivity index (χ1) is 12.2. The number of amides is 2. The summed E-state index contributed by atoms with van der Waals surface area (Å²) in [4.78, 5) is 25.2. The number of hydrogen-bond donors (Lipinski definition) is 2. The first kappa shape index (κ1) is 20.2. The van der Waals surface area contributed by atoms with Crippen LogP contribution in [0.25, 0.3) is 0 Å². The van der Waals surface area contributed by atoms with Gasteiger partial charge in [-0.1, -0.05) is 12.1 Å². The van der Waals surface area contributed by atoms with Crippen LogP contribution in [0.4, 0.5) is 13.2 Å². The molecule has 144 valence electrons. The molecule has 2 rings (SSSR count). The van der Waals surface area contributed by atoms with Crippen molar-refractivity contribution in [3.8, 4) is 0 Å². The summed E-state index contributed by atoms with van der Waals surface area (Å²) in [7, 11) is 1.94. The van der Waals surface area contributed by atoms with Gasteiger partial charge < -0.3 is 10.6 Å². The number of carbonyl (C=O) groups excluding carboxylic acids is 2. The molecule has 0 aromatic heterocycles. The fraction of sp³-hybridized carbons (Fsp3) is 0.556. The van der Waals surface area contributed by atoms with Gasteiger partial charge >= 0.3 is 6.18 Å². The second-order valence-electron chi connectivity index (χ2n) is 6.66. The van der Waals surface area contributed by atoms with Crippen molar-refractivity contribution in [2.45, 2.75) is 51.0 Å². The molecule has 2 atom stereocenters. The molecule has 0 spiro atoms. The van der Waals surface area contributed by atoms with Crippen LogP contribution in [-0.4, -0.2) is 42.4 Å². The summed E-state index contributed by atoms with van der Waals surface area (Å²) in [6.45, 7) is 2.24. The summed E-state index contributed by atoms with van der Waals surface area (Å²) >= 11 is 0. The van der Waals surface area contributed by atoms with Crippen LogP contribution in [0.3, 0.4) is 0 Å². The van der Waals surface area contributed by atoms with Crippen molar-refractivity contribution in [3.63, 3.8) is 0 Å². The molecule has 0 radical (unpaired) electrons. The summed E-state index contributed by atoms with van der Waals surface area (Å²) in [5, 5.41) is 5.55. The third-order valence-electron chi connectivity index (χ3n) is 4.76. The van der Waals surface area contributed by atoms with Gasteiger partial charge in [0.1, 0.15) is 0 Å². The van der Waals surface area contributed by atoms with Gasteiger partial charge in [-0.3, -0.25) is 14.5 Å². The Kier molecular flexibility index (Phi) is 6.63. The molecule has 0 unspecified atom stereocenters. The molecular weight excluding hydrogens is 347 g/mol. The SMILES string of the molecule is CC(=O)NC[C@H]1CC[C@@H](CC(=O)NCc2ccc(C(F)(F)F)cc2)N1C. The summed E-state index contributed by atoms with van der Waals surface area (Å²) in [5.41, 5.74) is -0.0833. The van der Waals surface area contributed by atoms with E-state index in [4.69, 9.17) is 0 Å². The quantitative estimate of drug-likeness (QED) is 0.807. The maximum atomic E-state index is 12.5. The third kappa shape index (κ3) is 5.72. The molecule has 8 heteroatoms. The second kappa shape index (κ2) is 8.53. The van der Waals surface area contributed by atoms with E-state index in [0.717, 1.165) is 25.0 Å². The fourth-order valence-electron chi connectivity index (χ4n) is 3.14. The van der Waals surface area contributed by atoms with Crippen LogP contribution >= 0.6 is 0 Å². The maximum Gasteiger partial charge on any atom is 0.416 e. The minimum Gasteiger partial charge on any atom is -0.355 e. The number of hydrogen-bond acceptors (Lipinski definition) is 3. The van der Waals surface area contributed by atoms with E-state index >= 15 is 0 Å². The highest BCUT2D eigenvalue weighted by molar-refractivity contribution is 5.76. The number of halogens is 3. The van der Waals surface area contributed by atoms with Crippen molar-refractivity contribution in [1.82, 2.24) is 15.5 Å². The molecule has 1 aliphatic heterocycles. The van der Waals surface area contributed by atoms with Gasteiger partial charge in [-0.2, -0.15) is 13.2 Å². The van der Waals surface area contributed by atoms with E-state index < -0.39 is 11.7 Å². The lowest BCUT2D eigenvalue weighted by atomic mass is 10.1. The molecule has 0 bridgehead atoms. The van der Waals surface area contributed by atoms with Crippen molar-refractivity contribution in [1.29, 1.82) is 0 Å². The van der Waals surface area contributed by atoms with Crippen LogP contribution in [-0.2, 0) is 22.3 Å². The Hall–Kier alpha value is -2.09. The Morgan fingerprint density at radius 2 is 1.73 bits per heavy atom. The topological polar surface area (TPSA) is 61.4 Å². The zero-order valence-corrected chi connectivity index (χ0v) is 14.9. The lowest BCUT2D eigenvalue weighted by molar-refractivity contribution is -0.137. The third-order valence-corrected chi connectivity index (χ3v) is 4.76. The Balaban J connectivity index is 1.77. The predicted molar refractivity (Wildman–Crippen MR) is 91.2 cm³/mol. The number of likely N-dealkylation sites (tertiary alicyclic amines) is 1. The second-order valence-corrected chi connectivity index (χ2v) is 6.66. The molecule has 26 heavy (non-hydrogen) atoms. The van der Waals surface area contributed by atoms with Gasteiger partial charge in [0.15, 0.2) is 0 Å². The fourth-order valence-corrected chi connectivity index (χ4v) is 3.14. The Labute approximate surface area is 150 Å². The number of nitrogens with zero attached hydrogens (tertiary/aromatic N) is 1. The van der Waals surface area contributed by atoms with Crippen LogP contribution in [0.5, 0.6) is 0 Å². The molecule has 2 N–H and O–H groups in total. The molecular formula is C18H24F3N3O2. The molecule has 0 saturated carbocycles. The van der Waals surface area contributed by atoms with Crippen molar-refractivity contribution < 1.29 is 22.8 Å². The van der Waals surface area contributed by atoms with E-state index in [1.54, 1.807) is 0 Å². The van der Waals surface area contributed by atoms with Gasteiger partial charge in [-0.05, 0) is 37.6 Å². The summed E-state index contributed by atoms with van der Waals surface area (Å²) < 4.78 is 37.6. The lowest BCUT2D eigenvalue weighted by Gasteiger charge is -2.25. The molecule has 1 heterocycles. The molecule has 1 fully saturated rings. The van der Waals surface area contributed by atoms with Gasteiger partial charge in [-0.25, -0.2) is 0 Å². The number of rotatable bonds is 6. The Morgan fingerprint density at radius 1 is 1.12 bits per heavy atom. The average molecular weight is 371 g/mol. The Bertz CT molecular complexity index is 632. The summed E-state index contributed by atoms with van der Waals surface area (Å²) in [5.74, 6) is -0.210. The molecule has 1 saturated heterocycles. The van der Waals surface area contributed by atoms with Crippen LogP contribution < -0.4 is 10.6 Å². The lowest BCUT2D eigenvalue weighted by Crippen LogP contribution is -2.41. The maximum absolute atomic E-state index is 12.5. The normalized spacial score (nSPS) is 20.8. The average Bonchev–Trinajstić information content (AvgIpc) is 2.91. The van der Waals surface area contributed by atoms with Crippen LogP contribution in [0.1, 0.15) is 37.3 Å². The number of nitrogens with one attached hydrogen (secondary N) is 2. The first-order valence-electron chi connectivity index (χ1n) is 8.56. The van der Waals surface area contributed by atoms with E-state index in [0.29, 0.717) is 18.5 Å². The standard InChI is InChI=1S/C18H24F3N3O2/c1-12(25)22-11-16-8-7-15(24(16)2)9-17(26)23-10-13-3-5-14(6-4-13)18(19,20)21/h3-6,15-16H,7-11H2,1-2H3,(H,22,25)(H,23,26)/t15-,16+/m0/s1. The zero-order valence-electron chi connectivity index (χ0n) is 14.9. The van der Waals surface area contributed by atoms with Gasteiger partial charge in [0.2, 0.25) is 11.8 Å². The van der Waals surface area contributed by atoms with Crippen molar-refractivity contribution in [3.05, 3.63) is 35.4 Å². The van der Waals surface area contributed by atoms with E-state index in [1.165, 1.54) is 19.1 Å². The minimum absolute atomic E-state index is 0.0730.